The largest absolute Gasteiger partial charge is 0.493 e. The number of aromatic nitrogens is 1. The van der Waals surface area contributed by atoms with E-state index in [1.807, 2.05) is 24.3 Å². The molecule has 1 aromatic heterocycles. The van der Waals surface area contributed by atoms with Gasteiger partial charge in [-0.05, 0) is 41.9 Å². The van der Waals surface area contributed by atoms with E-state index in [9.17, 15) is 10.0 Å². The molecule has 0 unspecified atom stereocenters. The zero-order valence-electron chi connectivity index (χ0n) is 13.6. The molecule has 1 N–H and O–H groups in total. The molecule has 7 heteroatoms. The molecule has 3 rings (SSSR count). The molecule has 0 bridgehead atoms. The van der Waals surface area contributed by atoms with Crippen LogP contribution in [0.25, 0.3) is 10.9 Å². The highest BCUT2D eigenvalue weighted by Gasteiger charge is 2.17. The highest BCUT2D eigenvalue weighted by molar-refractivity contribution is 6.31. The van der Waals surface area contributed by atoms with Crippen molar-refractivity contribution in [3.63, 3.8) is 0 Å². The van der Waals surface area contributed by atoms with Gasteiger partial charge in [-0.25, -0.2) is 0 Å². The van der Waals surface area contributed by atoms with Crippen molar-refractivity contribution in [3.05, 3.63) is 52.4 Å². The minimum Gasteiger partial charge on any atom is -0.493 e. The molecule has 1 heterocycles. The lowest BCUT2D eigenvalue weighted by atomic mass is 10.2. The fraction of sp³-hybridized carbons (Fsp3) is 0.222. The maximum atomic E-state index is 11.0. The third kappa shape index (κ3) is 3.39. The average Bonchev–Trinajstić information content (AvgIpc) is 2.89. The van der Waals surface area contributed by atoms with Gasteiger partial charge in [0.2, 0.25) is 5.88 Å². The molecule has 0 radical (unpaired) electrons. The lowest BCUT2D eigenvalue weighted by Gasteiger charge is -2.11. The van der Waals surface area contributed by atoms with Gasteiger partial charge in [-0.1, -0.05) is 23.7 Å². The van der Waals surface area contributed by atoms with Crippen LogP contribution < -0.4 is 9.47 Å². The number of ether oxygens (including phenoxy) is 2. The molecule has 0 atom stereocenters. The molecule has 0 spiro atoms. The molecule has 0 aliphatic heterocycles. The number of nitrogens with zero attached hydrogens (tertiary/aromatic N) is 2. The van der Waals surface area contributed by atoms with Gasteiger partial charge in [-0.15, -0.1) is 4.91 Å². The number of aryl methyl sites for hydroxylation is 1. The summed E-state index contributed by atoms with van der Waals surface area (Å²) in [5.41, 5.74) is 0.705. The number of halogens is 1. The van der Waals surface area contributed by atoms with Crippen LogP contribution in [-0.2, 0) is 6.54 Å². The standard InChI is InChI=1S/C18H17ClN2O4/c1-24-15-5-2-3-6-16(15)25-10-4-9-21-14-8-7-12(19)11-13(14)17(20-23)18(21)22/h2-3,5-8,11,22H,4,9-10H2,1H3. The van der Waals surface area contributed by atoms with E-state index in [4.69, 9.17) is 21.1 Å². The fourth-order valence-corrected chi connectivity index (χ4v) is 2.93. The van der Waals surface area contributed by atoms with Crippen molar-refractivity contribution in [1.82, 2.24) is 4.57 Å². The van der Waals surface area contributed by atoms with E-state index in [1.54, 1.807) is 29.9 Å². The maximum absolute atomic E-state index is 11.0. The van der Waals surface area contributed by atoms with Crippen LogP contribution in [0.15, 0.2) is 47.6 Å². The summed E-state index contributed by atoms with van der Waals surface area (Å²) in [6.45, 7) is 0.894. The van der Waals surface area contributed by atoms with Crippen molar-refractivity contribution in [3.8, 4) is 17.4 Å². The number of hydrogen-bond donors (Lipinski definition) is 1. The fourth-order valence-electron chi connectivity index (χ4n) is 2.75. The number of hydrogen-bond acceptors (Lipinski definition) is 5. The third-order valence-electron chi connectivity index (χ3n) is 3.92. The minimum absolute atomic E-state index is 0.00291. The number of aromatic hydroxyl groups is 1. The summed E-state index contributed by atoms with van der Waals surface area (Å²) >= 11 is 5.97. The first-order valence-electron chi connectivity index (χ1n) is 7.75. The summed E-state index contributed by atoms with van der Waals surface area (Å²) < 4.78 is 12.6. The number of rotatable bonds is 7. The third-order valence-corrected chi connectivity index (χ3v) is 4.15. The van der Waals surface area contributed by atoms with Crippen LogP contribution in [0.5, 0.6) is 17.4 Å². The molecule has 0 amide bonds. The second kappa shape index (κ2) is 7.44. The maximum Gasteiger partial charge on any atom is 0.222 e. The zero-order valence-corrected chi connectivity index (χ0v) is 14.4. The van der Waals surface area contributed by atoms with E-state index in [-0.39, 0.29) is 11.6 Å². The molecule has 2 aromatic carbocycles. The van der Waals surface area contributed by atoms with Gasteiger partial charge in [0, 0.05) is 17.0 Å². The topological polar surface area (TPSA) is 73.1 Å². The average molecular weight is 361 g/mol. The Hall–Kier alpha value is -2.73. The van der Waals surface area contributed by atoms with Crippen molar-refractivity contribution in [2.24, 2.45) is 5.18 Å². The molecule has 130 valence electrons. The molecular formula is C18H17ClN2O4. The van der Waals surface area contributed by atoms with Crippen LogP contribution in [0.1, 0.15) is 6.42 Å². The van der Waals surface area contributed by atoms with Gasteiger partial charge in [0.05, 0.1) is 19.2 Å². The second-order valence-electron chi connectivity index (χ2n) is 5.43. The lowest BCUT2D eigenvalue weighted by Crippen LogP contribution is -2.05. The Kier molecular flexibility index (Phi) is 5.09. The molecule has 0 fully saturated rings. The normalized spacial score (nSPS) is 10.8. The van der Waals surface area contributed by atoms with E-state index >= 15 is 0 Å². The molecule has 0 aliphatic rings. The summed E-state index contributed by atoms with van der Waals surface area (Å²) in [7, 11) is 1.59. The summed E-state index contributed by atoms with van der Waals surface area (Å²) in [5, 5.41) is 14.2. The Bertz CT molecular complexity index is 907. The first-order chi connectivity index (χ1) is 12.2. The smallest absolute Gasteiger partial charge is 0.222 e. The van der Waals surface area contributed by atoms with Gasteiger partial charge in [-0.3, -0.25) is 0 Å². The predicted molar refractivity (Wildman–Crippen MR) is 97.2 cm³/mol. The second-order valence-corrected chi connectivity index (χ2v) is 5.87. The molecule has 0 saturated carbocycles. The van der Waals surface area contributed by atoms with Crippen LogP contribution in [0.3, 0.4) is 0 Å². The summed E-state index contributed by atoms with van der Waals surface area (Å²) in [4.78, 5) is 11.0. The highest BCUT2D eigenvalue weighted by Crippen LogP contribution is 2.39. The van der Waals surface area contributed by atoms with Crippen molar-refractivity contribution in [2.45, 2.75) is 13.0 Å². The molecule has 0 saturated heterocycles. The monoisotopic (exact) mass is 360 g/mol. The Morgan fingerprint density at radius 3 is 2.68 bits per heavy atom. The van der Waals surface area contributed by atoms with E-state index in [0.29, 0.717) is 47.0 Å². The first kappa shape index (κ1) is 17.1. The molecular weight excluding hydrogens is 344 g/mol. The Morgan fingerprint density at radius 1 is 1.20 bits per heavy atom. The summed E-state index contributed by atoms with van der Waals surface area (Å²) in [6.07, 6.45) is 0.621. The van der Waals surface area contributed by atoms with Crippen LogP contribution in [0.4, 0.5) is 5.69 Å². The number of nitroso groups, excluding NO2 is 1. The van der Waals surface area contributed by atoms with Crippen LogP contribution in [-0.4, -0.2) is 23.4 Å². The first-order valence-corrected chi connectivity index (χ1v) is 8.13. The van der Waals surface area contributed by atoms with Gasteiger partial charge in [0.25, 0.3) is 0 Å². The quantitative estimate of drug-likeness (QED) is 0.481. The minimum atomic E-state index is -0.162. The Morgan fingerprint density at radius 2 is 1.96 bits per heavy atom. The van der Waals surface area contributed by atoms with Gasteiger partial charge in [-0.2, -0.15) is 0 Å². The predicted octanol–water partition coefficient (Wildman–Crippen LogP) is 4.88. The Labute approximate surface area is 149 Å². The van der Waals surface area contributed by atoms with Crippen molar-refractivity contribution in [2.75, 3.05) is 13.7 Å². The van der Waals surface area contributed by atoms with Crippen molar-refractivity contribution >= 4 is 28.2 Å². The van der Waals surface area contributed by atoms with E-state index in [1.165, 1.54) is 0 Å². The highest BCUT2D eigenvalue weighted by atomic mass is 35.5. The van der Waals surface area contributed by atoms with E-state index in [0.717, 1.165) is 0 Å². The van der Waals surface area contributed by atoms with Crippen LogP contribution in [0.2, 0.25) is 5.02 Å². The summed E-state index contributed by atoms with van der Waals surface area (Å²) in [6, 6.07) is 12.5. The number of methoxy groups -OCH3 is 1. The number of para-hydroxylation sites is 2. The van der Waals surface area contributed by atoms with Gasteiger partial charge in [0.15, 0.2) is 17.2 Å². The number of fused-ring (bicyclic) bond motifs is 1. The van der Waals surface area contributed by atoms with Gasteiger partial charge >= 0.3 is 0 Å². The van der Waals surface area contributed by atoms with Crippen molar-refractivity contribution < 1.29 is 14.6 Å². The van der Waals surface area contributed by atoms with E-state index in [2.05, 4.69) is 5.18 Å². The van der Waals surface area contributed by atoms with Gasteiger partial charge < -0.3 is 19.1 Å². The molecule has 3 aromatic rings. The van der Waals surface area contributed by atoms with Crippen LogP contribution >= 0.6 is 11.6 Å². The zero-order chi connectivity index (χ0) is 17.8. The molecule has 0 aliphatic carbocycles. The lowest BCUT2D eigenvalue weighted by molar-refractivity contribution is 0.280. The Balaban J connectivity index is 1.73. The number of benzene rings is 2. The molecule has 6 nitrogen and oxygen atoms in total. The van der Waals surface area contributed by atoms with Gasteiger partial charge in [0.1, 0.15) is 0 Å². The summed E-state index contributed by atoms with van der Waals surface area (Å²) in [5.74, 6) is 1.16. The van der Waals surface area contributed by atoms with E-state index < -0.39 is 0 Å². The molecule has 25 heavy (non-hydrogen) atoms. The SMILES string of the molecule is COc1ccccc1OCCCn1c(O)c(N=O)c2cc(Cl)ccc21. The van der Waals surface area contributed by atoms with Crippen molar-refractivity contribution in [1.29, 1.82) is 0 Å². The van der Waals surface area contributed by atoms with Crippen LogP contribution in [0, 0.1) is 4.91 Å².